The molecular formula is C13H18N2O2. The van der Waals surface area contributed by atoms with Crippen molar-refractivity contribution in [2.45, 2.75) is 6.54 Å². The van der Waals surface area contributed by atoms with E-state index in [2.05, 4.69) is 4.90 Å². The topological polar surface area (TPSA) is 32.8 Å². The number of carbonyl (C=O) groups is 1. The SMILES string of the molecule is COc1ccc2c(c1)CN(CCN(C)C)C2=O. The number of nitrogens with zero attached hydrogens (tertiary/aromatic N) is 2. The van der Waals surface area contributed by atoms with Crippen LogP contribution in [0, 0.1) is 0 Å². The zero-order valence-electron chi connectivity index (χ0n) is 10.6. The van der Waals surface area contributed by atoms with Crippen molar-refractivity contribution in [1.29, 1.82) is 0 Å². The highest BCUT2D eigenvalue weighted by molar-refractivity contribution is 5.98. The van der Waals surface area contributed by atoms with Gasteiger partial charge in [-0.15, -0.1) is 0 Å². The lowest BCUT2D eigenvalue weighted by atomic mass is 10.1. The average Bonchev–Trinajstić information content (AvgIpc) is 2.63. The molecule has 0 aliphatic carbocycles. The molecule has 1 aromatic carbocycles. The van der Waals surface area contributed by atoms with Crippen molar-refractivity contribution in [1.82, 2.24) is 9.80 Å². The lowest BCUT2D eigenvalue weighted by Crippen LogP contribution is -2.31. The van der Waals surface area contributed by atoms with Gasteiger partial charge in [0.2, 0.25) is 0 Å². The molecule has 0 N–H and O–H groups in total. The molecule has 1 aliphatic heterocycles. The van der Waals surface area contributed by atoms with Crippen LogP contribution in [0.2, 0.25) is 0 Å². The molecular weight excluding hydrogens is 216 g/mol. The van der Waals surface area contributed by atoms with E-state index in [9.17, 15) is 4.79 Å². The van der Waals surface area contributed by atoms with E-state index in [0.29, 0.717) is 6.54 Å². The molecule has 17 heavy (non-hydrogen) atoms. The number of benzene rings is 1. The first-order valence-electron chi connectivity index (χ1n) is 5.72. The second-order valence-corrected chi connectivity index (χ2v) is 4.55. The van der Waals surface area contributed by atoms with Crippen LogP contribution in [0.15, 0.2) is 18.2 Å². The van der Waals surface area contributed by atoms with Gasteiger partial charge in [0.1, 0.15) is 5.75 Å². The van der Waals surface area contributed by atoms with Crippen molar-refractivity contribution in [3.05, 3.63) is 29.3 Å². The van der Waals surface area contributed by atoms with E-state index in [-0.39, 0.29) is 5.91 Å². The molecule has 0 saturated heterocycles. The summed E-state index contributed by atoms with van der Waals surface area (Å²) in [6.07, 6.45) is 0. The van der Waals surface area contributed by atoms with Gasteiger partial charge in [0.05, 0.1) is 7.11 Å². The van der Waals surface area contributed by atoms with Gasteiger partial charge >= 0.3 is 0 Å². The second kappa shape index (κ2) is 4.75. The summed E-state index contributed by atoms with van der Waals surface area (Å²) in [5, 5.41) is 0. The Morgan fingerprint density at radius 2 is 2.18 bits per heavy atom. The first kappa shape index (κ1) is 11.9. The number of likely N-dealkylation sites (N-methyl/N-ethyl adjacent to an activating group) is 1. The molecule has 1 aromatic rings. The molecule has 0 fully saturated rings. The van der Waals surface area contributed by atoms with Crippen molar-refractivity contribution in [2.24, 2.45) is 0 Å². The van der Waals surface area contributed by atoms with E-state index < -0.39 is 0 Å². The summed E-state index contributed by atoms with van der Waals surface area (Å²) >= 11 is 0. The first-order valence-corrected chi connectivity index (χ1v) is 5.72. The summed E-state index contributed by atoms with van der Waals surface area (Å²) in [5.41, 5.74) is 1.87. The molecule has 0 aromatic heterocycles. The molecule has 2 rings (SSSR count). The fraction of sp³-hybridized carbons (Fsp3) is 0.462. The highest BCUT2D eigenvalue weighted by Gasteiger charge is 2.27. The van der Waals surface area contributed by atoms with E-state index in [1.165, 1.54) is 0 Å². The average molecular weight is 234 g/mol. The van der Waals surface area contributed by atoms with E-state index >= 15 is 0 Å². The minimum absolute atomic E-state index is 0.129. The Hall–Kier alpha value is -1.55. The van der Waals surface area contributed by atoms with Gasteiger partial charge in [-0.3, -0.25) is 4.79 Å². The third-order valence-electron chi connectivity index (χ3n) is 3.01. The number of fused-ring (bicyclic) bond motifs is 1. The fourth-order valence-corrected chi connectivity index (χ4v) is 1.99. The van der Waals surface area contributed by atoms with Crippen molar-refractivity contribution in [3.63, 3.8) is 0 Å². The number of amides is 1. The lowest BCUT2D eigenvalue weighted by molar-refractivity contribution is 0.0768. The first-order chi connectivity index (χ1) is 8.11. The van der Waals surface area contributed by atoms with Gasteiger partial charge in [0.25, 0.3) is 5.91 Å². The van der Waals surface area contributed by atoms with E-state index in [1.807, 2.05) is 37.2 Å². The summed E-state index contributed by atoms with van der Waals surface area (Å²) in [6.45, 7) is 2.35. The Morgan fingerprint density at radius 3 is 2.82 bits per heavy atom. The Labute approximate surface area is 102 Å². The zero-order chi connectivity index (χ0) is 12.4. The summed E-state index contributed by atoms with van der Waals surface area (Å²) in [7, 11) is 5.66. The zero-order valence-corrected chi connectivity index (χ0v) is 10.6. The van der Waals surface area contributed by atoms with Gasteiger partial charge in [0, 0.05) is 25.2 Å². The number of methoxy groups -OCH3 is 1. The third kappa shape index (κ3) is 2.42. The molecule has 1 aliphatic rings. The Balaban J connectivity index is 2.12. The smallest absolute Gasteiger partial charge is 0.254 e. The van der Waals surface area contributed by atoms with E-state index in [0.717, 1.165) is 30.0 Å². The highest BCUT2D eigenvalue weighted by atomic mass is 16.5. The van der Waals surface area contributed by atoms with Gasteiger partial charge in [-0.1, -0.05) is 0 Å². The molecule has 4 heteroatoms. The lowest BCUT2D eigenvalue weighted by Gasteiger charge is -2.18. The van der Waals surface area contributed by atoms with Gasteiger partial charge in [0.15, 0.2) is 0 Å². The largest absolute Gasteiger partial charge is 0.497 e. The van der Waals surface area contributed by atoms with Crippen LogP contribution in [0.1, 0.15) is 15.9 Å². The van der Waals surface area contributed by atoms with E-state index in [4.69, 9.17) is 4.74 Å². The predicted molar refractivity (Wildman–Crippen MR) is 66.3 cm³/mol. The maximum absolute atomic E-state index is 12.1. The van der Waals surface area contributed by atoms with Gasteiger partial charge in [-0.05, 0) is 37.9 Å². The Bertz CT molecular complexity index is 429. The summed E-state index contributed by atoms with van der Waals surface area (Å²) in [5.74, 6) is 0.940. The molecule has 0 bridgehead atoms. The van der Waals surface area contributed by atoms with Gasteiger partial charge in [-0.2, -0.15) is 0 Å². The van der Waals surface area contributed by atoms with Crippen molar-refractivity contribution >= 4 is 5.91 Å². The minimum atomic E-state index is 0.129. The number of ether oxygens (including phenoxy) is 1. The van der Waals surface area contributed by atoms with Crippen LogP contribution in [-0.2, 0) is 6.54 Å². The molecule has 1 heterocycles. The minimum Gasteiger partial charge on any atom is -0.497 e. The van der Waals surface area contributed by atoms with Crippen LogP contribution in [0.4, 0.5) is 0 Å². The molecule has 4 nitrogen and oxygen atoms in total. The van der Waals surface area contributed by atoms with Crippen LogP contribution >= 0.6 is 0 Å². The van der Waals surface area contributed by atoms with Crippen LogP contribution in [-0.4, -0.2) is 50.0 Å². The monoisotopic (exact) mass is 234 g/mol. The van der Waals surface area contributed by atoms with Crippen molar-refractivity contribution in [3.8, 4) is 5.75 Å². The van der Waals surface area contributed by atoms with Crippen LogP contribution in [0.3, 0.4) is 0 Å². The predicted octanol–water partition coefficient (Wildman–Crippen LogP) is 1.21. The summed E-state index contributed by atoms with van der Waals surface area (Å²) in [6, 6.07) is 5.64. The molecule has 0 spiro atoms. The maximum Gasteiger partial charge on any atom is 0.254 e. The van der Waals surface area contributed by atoms with Crippen LogP contribution in [0.5, 0.6) is 5.75 Å². The number of carbonyl (C=O) groups excluding carboxylic acids is 1. The molecule has 0 saturated carbocycles. The summed E-state index contributed by atoms with van der Waals surface area (Å²) in [4.78, 5) is 16.0. The third-order valence-corrected chi connectivity index (χ3v) is 3.01. The number of hydrogen-bond donors (Lipinski definition) is 0. The quantitative estimate of drug-likeness (QED) is 0.785. The Kier molecular flexibility index (Phi) is 3.33. The highest BCUT2D eigenvalue weighted by Crippen LogP contribution is 2.26. The van der Waals surface area contributed by atoms with Crippen molar-refractivity contribution in [2.75, 3.05) is 34.3 Å². The number of hydrogen-bond acceptors (Lipinski definition) is 3. The molecule has 92 valence electrons. The van der Waals surface area contributed by atoms with Gasteiger partial charge in [-0.25, -0.2) is 0 Å². The molecule has 0 atom stereocenters. The fourth-order valence-electron chi connectivity index (χ4n) is 1.99. The van der Waals surface area contributed by atoms with Crippen LogP contribution in [0.25, 0.3) is 0 Å². The normalized spacial score (nSPS) is 14.4. The molecule has 0 unspecified atom stereocenters. The Morgan fingerprint density at radius 1 is 1.41 bits per heavy atom. The standard InChI is InChI=1S/C13H18N2O2/c1-14(2)6-7-15-9-10-8-11(17-3)4-5-12(10)13(15)16/h4-5,8H,6-7,9H2,1-3H3. The summed E-state index contributed by atoms with van der Waals surface area (Å²) < 4.78 is 5.17. The number of rotatable bonds is 4. The van der Waals surface area contributed by atoms with Gasteiger partial charge < -0.3 is 14.5 Å². The van der Waals surface area contributed by atoms with Crippen LogP contribution < -0.4 is 4.74 Å². The maximum atomic E-state index is 12.1. The molecule has 0 radical (unpaired) electrons. The van der Waals surface area contributed by atoms with Crippen molar-refractivity contribution < 1.29 is 9.53 Å². The van der Waals surface area contributed by atoms with E-state index in [1.54, 1.807) is 7.11 Å². The molecule has 1 amide bonds. The second-order valence-electron chi connectivity index (χ2n) is 4.55.